The molecule has 0 aromatic heterocycles. The Labute approximate surface area is 132 Å². The van der Waals surface area contributed by atoms with Gasteiger partial charge in [-0.1, -0.05) is 15.9 Å². The highest BCUT2D eigenvalue weighted by Crippen LogP contribution is 2.14. The Morgan fingerprint density at radius 1 is 1.33 bits per heavy atom. The summed E-state index contributed by atoms with van der Waals surface area (Å²) in [6.45, 7) is 1.77. The zero-order valence-corrected chi connectivity index (χ0v) is 13.8. The van der Waals surface area contributed by atoms with E-state index in [4.69, 9.17) is 0 Å². The first-order valence-corrected chi connectivity index (χ1v) is 9.00. The van der Waals surface area contributed by atoms with Crippen LogP contribution in [0.1, 0.15) is 12.8 Å². The predicted octanol–water partition coefficient (Wildman–Crippen LogP) is 0.596. The van der Waals surface area contributed by atoms with Crippen molar-refractivity contribution < 1.29 is 13.2 Å². The van der Waals surface area contributed by atoms with Gasteiger partial charge in [0.15, 0.2) is 0 Å². The maximum atomic E-state index is 12.0. The Morgan fingerprint density at radius 3 is 2.67 bits per heavy atom. The van der Waals surface area contributed by atoms with Crippen LogP contribution in [-0.4, -0.2) is 40.0 Å². The summed E-state index contributed by atoms with van der Waals surface area (Å²) in [5, 5.41) is 6.02. The van der Waals surface area contributed by atoms with Crippen molar-refractivity contribution in [3.05, 3.63) is 28.7 Å². The van der Waals surface area contributed by atoms with Gasteiger partial charge in [0.2, 0.25) is 15.9 Å². The van der Waals surface area contributed by atoms with Crippen molar-refractivity contribution in [2.75, 3.05) is 19.6 Å². The van der Waals surface area contributed by atoms with Crippen LogP contribution >= 0.6 is 15.9 Å². The Balaban J connectivity index is 1.79. The van der Waals surface area contributed by atoms with E-state index in [2.05, 4.69) is 31.3 Å². The van der Waals surface area contributed by atoms with Crippen molar-refractivity contribution in [3.8, 4) is 0 Å². The van der Waals surface area contributed by atoms with Gasteiger partial charge >= 0.3 is 0 Å². The molecule has 1 amide bonds. The molecule has 0 aliphatic carbocycles. The van der Waals surface area contributed by atoms with Crippen LogP contribution in [0.15, 0.2) is 33.6 Å². The van der Waals surface area contributed by atoms with Gasteiger partial charge in [-0.25, -0.2) is 13.1 Å². The fourth-order valence-electron chi connectivity index (χ4n) is 2.07. The fourth-order valence-corrected chi connectivity index (χ4v) is 3.37. The van der Waals surface area contributed by atoms with E-state index in [-0.39, 0.29) is 29.8 Å². The first-order chi connectivity index (χ1) is 9.97. The number of sulfonamides is 1. The van der Waals surface area contributed by atoms with Crippen LogP contribution in [-0.2, 0) is 14.8 Å². The third kappa shape index (κ3) is 5.06. The summed E-state index contributed by atoms with van der Waals surface area (Å²) < 4.78 is 27.2. The first kappa shape index (κ1) is 16.4. The number of benzene rings is 1. The number of amides is 1. The van der Waals surface area contributed by atoms with E-state index in [1.165, 1.54) is 12.1 Å². The number of nitrogens with one attached hydrogen (secondary N) is 3. The number of rotatable bonds is 6. The second kappa shape index (κ2) is 7.35. The number of hydrogen-bond donors (Lipinski definition) is 3. The SMILES string of the molecule is O=C(CCNS(=O)(=O)c1ccc(Br)cc1)NC1CCNC1. The number of carbonyl (C=O) groups excluding carboxylic acids is 1. The van der Waals surface area contributed by atoms with Crippen molar-refractivity contribution in [3.63, 3.8) is 0 Å². The van der Waals surface area contributed by atoms with Crippen molar-refractivity contribution in [2.24, 2.45) is 0 Å². The molecular weight excluding hydrogens is 358 g/mol. The fraction of sp³-hybridized carbons (Fsp3) is 0.462. The average molecular weight is 376 g/mol. The van der Waals surface area contributed by atoms with Gasteiger partial charge in [-0.15, -0.1) is 0 Å². The zero-order valence-electron chi connectivity index (χ0n) is 11.4. The largest absolute Gasteiger partial charge is 0.352 e. The Morgan fingerprint density at radius 2 is 2.05 bits per heavy atom. The van der Waals surface area contributed by atoms with Crippen LogP contribution in [0.25, 0.3) is 0 Å². The highest BCUT2D eigenvalue weighted by Gasteiger charge is 2.17. The molecule has 1 aromatic rings. The summed E-state index contributed by atoms with van der Waals surface area (Å²) in [5.41, 5.74) is 0. The summed E-state index contributed by atoms with van der Waals surface area (Å²) in [7, 11) is -3.56. The van der Waals surface area contributed by atoms with E-state index in [0.29, 0.717) is 0 Å². The number of halogens is 1. The standard InChI is InChI=1S/C13H18BrN3O3S/c14-10-1-3-12(4-2-10)21(19,20)16-8-6-13(18)17-11-5-7-15-9-11/h1-4,11,15-16H,5-9H2,(H,17,18). The van der Waals surface area contributed by atoms with Crippen LogP contribution in [0.3, 0.4) is 0 Å². The van der Waals surface area contributed by atoms with Crippen molar-refractivity contribution in [2.45, 2.75) is 23.8 Å². The molecule has 1 saturated heterocycles. The lowest BCUT2D eigenvalue weighted by Gasteiger charge is -2.11. The molecule has 1 aliphatic rings. The van der Waals surface area contributed by atoms with E-state index >= 15 is 0 Å². The Kier molecular flexibility index (Phi) is 5.74. The molecule has 6 nitrogen and oxygen atoms in total. The van der Waals surface area contributed by atoms with E-state index in [9.17, 15) is 13.2 Å². The third-order valence-corrected chi connectivity index (χ3v) is 5.20. The monoisotopic (exact) mass is 375 g/mol. The van der Waals surface area contributed by atoms with Crippen LogP contribution in [0.4, 0.5) is 0 Å². The maximum absolute atomic E-state index is 12.0. The molecule has 21 heavy (non-hydrogen) atoms. The van der Waals surface area contributed by atoms with Crippen LogP contribution in [0.2, 0.25) is 0 Å². The maximum Gasteiger partial charge on any atom is 0.240 e. The van der Waals surface area contributed by atoms with Crippen molar-refractivity contribution in [1.29, 1.82) is 0 Å². The molecule has 3 N–H and O–H groups in total. The van der Waals surface area contributed by atoms with Gasteiger partial charge in [0.25, 0.3) is 0 Å². The van der Waals surface area contributed by atoms with Gasteiger partial charge in [-0.2, -0.15) is 0 Å². The lowest BCUT2D eigenvalue weighted by Crippen LogP contribution is -2.38. The molecule has 0 spiro atoms. The Hall–Kier alpha value is -0.960. The molecule has 1 aromatic carbocycles. The zero-order chi connectivity index (χ0) is 15.3. The minimum Gasteiger partial charge on any atom is -0.352 e. The van der Waals surface area contributed by atoms with Crippen LogP contribution in [0.5, 0.6) is 0 Å². The van der Waals surface area contributed by atoms with Gasteiger partial charge < -0.3 is 10.6 Å². The van der Waals surface area contributed by atoms with Crippen molar-refractivity contribution in [1.82, 2.24) is 15.4 Å². The number of hydrogen-bond acceptors (Lipinski definition) is 4. The minimum absolute atomic E-state index is 0.0877. The molecule has 1 aliphatic heterocycles. The van der Waals surface area contributed by atoms with Crippen molar-refractivity contribution >= 4 is 31.9 Å². The lowest BCUT2D eigenvalue weighted by atomic mass is 10.2. The summed E-state index contributed by atoms with van der Waals surface area (Å²) >= 11 is 3.25. The quantitative estimate of drug-likeness (QED) is 0.679. The van der Waals surface area contributed by atoms with E-state index in [1.54, 1.807) is 12.1 Å². The van der Waals surface area contributed by atoms with Gasteiger partial charge in [0.05, 0.1) is 4.90 Å². The van der Waals surface area contributed by atoms with Gasteiger partial charge in [0, 0.05) is 30.0 Å². The van der Waals surface area contributed by atoms with E-state index < -0.39 is 10.0 Å². The van der Waals surface area contributed by atoms with E-state index in [0.717, 1.165) is 24.0 Å². The Bertz CT molecular complexity index is 583. The van der Waals surface area contributed by atoms with Crippen LogP contribution in [0, 0.1) is 0 Å². The molecule has 1 unspecified atom stereocenters. The molecule has 2 rings (SSSR count). The van der Waals surface area contributed by atoms with E-state index in [1.807, 2.05) is 0 Å². The molecule has 0 radical (unpaired) electrons. The smallest absolute Gasteiger partial charge is 0.240 e. The molecule has 1 fully saturated rings. The summed E-state index contributed by atoms with van der Waals surface area (Å²) in [4.78, 5) is 11.9. The van der Waals surface area contributed by atoms with Gasteiger partial charge in [0.1, 0.15) is 0 Å². The molecular formula is C13H18BrN3O3S. The second-order valence-corrected chi connectivity index (χ2v) is 7.54. The predicted molar refractivity (Wildman–Crippen MR) is 83.4 cm³/mol. The molecule has 1 atom stereocenters. The molecule has 0 saturated carbocycles. The summed E-state index contributed by atoms with van der Waals surface area (Å²) in [6.07, 6.45) is 1.04. The number of carbonyl (C=O) groups is 1. The molecule has 8 heteroatoms. The van der Waals surface area contributed by atoms with Gasteiger partial charge in [-0.3, -0.25) is 4.79 Å². The third-order valence-electron chi connectivity index (χ3n) is 3.19. The summed E-state index contributed by atoms with van der Waals surface area (Å²) in [6, 6.07) is 6.50. The van der Waals surface area contributed by atoms with Crippen LogP contribution < -0.4 is 15.4 Å². The molecule has 116 valence electrons. The molecule has 0 bridgehead atoms. The average Bonchev–Trinajstić information content (AvgIpc) is 2.91. The topological polar surface area (TPSA) is 87.3 Å². The summed E-state index contributed by atoms with van der Waals surface area (Å²) in [5.74, 6) is -0.137. The lowest BCUT2D eigenvalue weighted by molar-refractivity contribution is -0.121. The highest BCUT2D eigenvalue weighted by atomic mass is 79.9. The normalized spacial score (nSPS) is 18.6. The molecule has 1 heterocycles. The highest BCUT2D eigenvalue weighted by molar-refractivity contribution is 9.10. The second-order valence-electron chi connectivity index (χ2n) is 4.86. The minimum atomic E-state index is -3.56. The van der Waals surface area contributed by atoms with Gasteiger partial charge in [-0.05, 0) is 37.2 Å². The first-order valence-electron chi connectivity index (χ1n) is 6.73.